The van der Waals surface area contributed by atoms with Crippen LogP contribution < -0.4 is 28.5 Å². The molecule has 0 aliphatic heterocycles. The van der Waals surface area contributed by atoms with Gasteiger partial charge in [-0.2, -0.15) is 4.57 Å². The second-order valence-corrected chi connectivity index (χ2v) is 5.80. The molecule has 1 aromatic heterocycles. The van der Waals surface area contributed by atoms with E-state index in [9.17, 15) is 10.1 Å². The molecule has 0 atom stereocenters. The monoisotopic (exact) mass is 364 g/mol. The lowest BCUT2D eigenvalue weighted by atomic mass is 9.87. The van der Waals surface area contributed by atoms with Crippen molar-refractivity contribution in [2.75, 3.05) is 0 Å². The van der Waals surface area contributed by atoms with E-state index in [1.165, 1.54) is 0 Å². The molecular formula is C13H21IN2O2. The van der Waals surface area contributed by atoms with Gasteiger partial charge >= 0.3 is 5.69 Å². The molecule has 0 aromatic carbocycles. The molecule has 102 valence electrons. The number of hydrogen-bond donors (Lipinski definition) is 0. The molecule has 1 rings (SSSR count). The van der Waals surface area contributed by atoms with E-state index in [0.717, 1.165) is 11.3 Å². The highest BCUT2D eigenvalue weighted by molar-refractivity contribution is 5.42. The Morgan fingerprint density at radius 1 is 1.33 bits per heavy atom. The summed E-state index contributed by atoms with van der Waals surface area (Å²) in [5.41, 5.74) is 2.90. The summed E-state index contributed by atoms with van der Waals surface area (Å²) < 4.78 is 1.87. The minimum atomic E-state index is -0.268. The van der Waals surface area contributed by atoms with Crippen LogP contribution in [0.15, 0.2) is 6.07 Å². The number of aromatic nitrogens is 1. The predicted molar refractivity (Wildman–Crippen MR) is 66.9 cm³/mol. The van der Waals surface area contributed by atoms with Crippen LogP contribution in [0.25, 0.3) is 0 Å². The van der Waals surface area contributed by atoms with Crippen LogP contribution >= 0.6 is 0 Å². The summed E-state index contributed by atoms with van der Waals surface area (Å²) in [6.45, 7) is 10.1. The van der Waals surface area contributed by atoms with Crippen LogP contribution in [-0.2, 0) is 13.5 Å². The van der Waals surface area contributed by atoms with Gasteiger partial charge < -0.3 is 24.0 Å². The Bertz CT molecular complexity index is 465. The molecule has 5 heteroatoms. The fourth-order valence-electron chi connectivity index (χ4n) is 2.03. The number of nitrogens with zero attached hydrogens (tertiary/aromatic N) is 2. The second kappa shape index (κ2) is 5.95. The normalized spacial score (nSPS) is 11.0. The first-order valence-electron chi connectivity index (χ1n) is 5.77. The van der Waals surface area contributed by atoms with Crippen molar-refractivity contribution in [3.63, 3.8) is 0 Å². The van der Waals surface area contributed by atoms with Crippen molar-refractivity contribution in [2.24, 2.45) is 12.5 Å². The fraction of sp³-hybridized carbons (Fsp3) is 0.615. The van der Waals surface area contributed by atoms with Gasteiger partial charge in [0.2, 0.25) is 0 Å². The number of nitro groups is 1. The van der Waals surface area contributed by atoms with E-state index in [1.54, 1.807) is 6.92 Å². The van der Waals surface area contributed by atoms with Crippen molar-refractivity contribution in [3.8, 4) is 0 Å². The van der Waals surface area contributed by atoms with Crippen LogP contribution in [0.4, 0.5) is 5.69 Å². The minimum Gasteiger partial charge on any atom is -1.00 e. The quantitative estimate of drug-likeness (QED) is 0.311. The summed E-state index contributed by atoms with van der Waals surface area (Å²) in [5, 5.41) is 11.2. The predicted octanol–water partition coefficient (Wildman–Crippen LogP) is -0.371. The first-order valence-corrected chi connectivity index (χ1v) is 5.77. The molecule has 0 bridgehead atoms. The number of aryl methyl sites for hydroxylation is 1. The zero-order valence-electron chi connectivity index (χ0n) is 11.9. The van der Waals surface area contributed by atoms with Crippen LogP contribution in [0.1, 0.15) is 37.7 Å². The minimum absolute atomic E-state index is 0. The standard InChI is InChI=1S/C13H21N2O2.HI/c1-9-7-11(8-13(3,4)5)12(15(16)17)10(2)14(9)6;/h7H,8H2,1-6H3;1H/q+1;/p-1. The molecular weight excluding hydrogens is 343 g/mol. The van der Waals surface area contributed by atoms with Crippen LogP contribution in [0.3, 0.4) is 0 Å². The van der Waals surface area contributed by atoms with Crippen molar-refractivity contribution in [1.29, 1.82) is 0 Å². The maximum absolute atomic E-state index is 11.2. The molecule has 0 aliphatic carbocycles. The molecule has 18 heavy (non-hydrogen) atoms. The van der Waals surface area contributed by atoms with E-state index >= 15 is 0 Å². The highest BCUT2D eigenvalue weighted by atomic mass is 127. The van der Waals surface area contributed by atoms with E-state index in [4.69, 9.17) is 0 Å². The highest BCUT2D eigenvalue weighted by Crippen LogP contribution is 2.28. The van der Waals surface area contributed by atoms with Gasteiger partial charge in [-0.3, -0.25) is 10.1 Å². The van der Waals surface area contributed by atoms with Gasteiger partial charge in [-0.15, -0.1) is 0 Å². The summed E-state index contributed by atoms with van der Waals surface area (Å²) in [5.74, 6) is 0. The number of hydrogen-bond acceptors (Lipinski definition) is 2. The summed E-state index contributed by atoms with van der Waals surface area (Å²) in [4.78, 5) is 10.9. The molecule has 4 nitrogen and oxygen atoms in total. The molecule has 0 unspecified atom stereocenters. The summed E-state index contributed by atoms with van der Waals surface area (Å²) in [7, 11) is 1.86. The summed E-state index contributed by atoms with van der Waals surface area (Å²) in [6, 6.07) is 1.93. The average molecular weight is 364 g/mol. The molecule has 0 spiro atoms. The molecule has 0 saturated carbocycles. The van der Waals surface area contributed by atoms with Gasteiger partial charge in [-0.1, -0.05) is 20.8 Å². The summed E-state index contributed by atoms with van der Waals surface area (Å²) >= 11 is 0. The maximum Gasteiger partial charge on any atom is 0.338 e. The van der Waals surface area contributed by atoms with Crippen LogP contribution in [0.2, 0.25) is 0 Å². The van der Waals surface area contributed by atoms with Gasteiger partial charge in [0, 0.05) is 25.5 Å². The van der Waals surface area contributed by atoms with Crippen molar-refractivity contribution < 1.29 is 33.5 Å². The van der Waals surface area contributed by atoms with Gasteiger partial charge in [0.25, 0.3) is 5.69 Å². The second-order valence-electron chi connectivity index (χ2n) is 5.80. The molecule has 0 saturated heterocycles. The van der Waals surface area contributed by atoms with Crippen molar-refractivity contribution in [1.82, 2.24) is 0 Å². The highest BCUT2D eigenvalue weighted by Gasteiger charge is 2.28. The molecule has 0 N–H and O–H groups in total. The molecule has 0 aliphatic rings. The van der Waals surface area contributed by atoms with Gasteiger partial charge in [0.1, 0.15) is 7.05 Å². The maximum atomic E-state index is 11.2. The molecule has 0 fully saturated rings. The SMILES string of the molecule is Cc1cc(CC(C)(C)C)c([N+](=O)[O-])c(C)[n+]1C.[I-]. The van der Waals surface area contributed by atoms with Gasteiger partial charge in [0.05, 0.1) is 4.92 Å². The van der Waals surface area contributed by atoms with Crippen LogP contribution in [0.5, 0.6) is 0 Å². The molecule has 0 amide bonds. The third kappa shape index (κ3) is 3.90. The molecule has 0 radical (unpaired) electrons. The van der Waals surface area contributed by atoms with Gasteiger partial charge in [0.15, 0.2) is 5.69 Å². The molecule has 1 aromatic rings. The summed E-state index contributed by atoms with van der Waals surface area (Å²) in [6.07, 6.45) is 0.714. The largest absolute Gasteiger partial charge is 1.00 e. The lowest BCUT2D eigenvalue weighted by molar-refractivity contribution is -0.686. The Hall–Kier alpha value is -0.720. The molecule has 1 heterocycles. The lowest BCUT2D eigenvalue weighted by Gasteiger charge is -2.18. The fourth-order valence-corrected chi connectivity index (χ4v) is 2.03. The zero-order chi connectivity index (χ0) is 13.4. The van der Waals surface area contributed by atoms with Gasteiger partial charge in [-0.05, 0) is 11.8 Å². The van der Waals surface area contributed by atoms with E-state index in [-0.39, 0.29) is 40.0 Å². The topological polar surface area (TPSA) is 47.0 Å². The third-order valence-electron chi connectivity index (χ3n) is 2.97. The first-order chi connectivity index (χ1) is 7.63. The lowest BCUT2D eigenvalue weighted by Crippen LogP contribution is -3.00. The van der Waals surface area contributed by atoms with E-state index < -0.39 is 0 Å². The Labute approximate surface area is 126 Å². The van der Waals surface area contributed by atoms with Crippen molar-refractivity contribution >= 4 is 5.69 Å². The van der Waals surface area contributed by atoms with Crippen LogP contribution in [-0.4, -0.2) is 4.92 Å². The third-order valence-corrected chi connectivity index (χ3v) is 2.97. The zero-order valence-corrected chi connectivity index (χ0v) is 14.0. The number of rotatable bonds is 2. The van der Waals surface area contributed by atoms with E-state index in [2.05, 4.69) is 20.8 Å². The van der Waals surface area contributed by atoms with E-state index in [1.807, 2.05) is 24.6 Å². The van der Waals surface area contributed by atoms with Crippen molar-refractivity contribution in [2.45, 2.75) is 41.0 Å². The van der Waals surface area contributed by atoms with Crippen molar-refractivity contribution in [3.05, 3.63) is 33.1 Å². The number of halogens is 1. The van der Waals surface area contributed by atoms with E-state index in [0.29, 0.717) is 12.1 Å². The first kappa shape index (κ1) is 17.3. The Kier molecular flexibility index (Phi) is 5.71. The Balaban J connectivity index is 0.00000289. The van der Waals surface area contributed by atoms with Crippen LogP contribution in [0, 0.1) is 29.4 Å². The number of pyridine rings is 1. The Morgan fingerprint density at radius 2 is 1.83 bits per heavy atom. The smallest absolute Gasteiger partial charge is 0.338 e. The average Bonchev–Trinajstić information content (AvgIpc) is 2.11. The Morgan fingerprint density at radius 3 is 2.22 bits per heavy atom. The van der Waals surface area contributed by atoms with Gasteiger partial charge in [-0.25, -0.2) is 0 Å².